The summed E-state index contributed by atoms with van der Waals surface area (Å²) in [5.41, 5.74) is 0.774. The van der Waals surface area contributed by atoms with E-state index in [1.165, 1.54) is 11.3 Å². The van der Waals surface area contributed by atoms with Gasteiger partial charge in [-0.3, -0.25) is 18.6 Å². The summed E-state index contributed by atoms with van der Waals surface area (Å²) in [6.07, 6.45) is 2.59. The van der Waals surface area contributed by atoms with Crippen LogP contribution in [0.4, 0.5) is 0 Å². The second kappa shape index (κ2) is 8.20. The smallest absolute Gasteiger partial charge is 0.272 e. The number of unbranched alkanes of at least 4 members (excludes halogenated alkanes) is 1. The van der Waals surface area contributed by atoms with Crippen LogP contribution >= 0.6 is 11.3 Å². The molecule has 0 bridgehead atoms. The van der Waals surface area contributed by atoms with Gasteiger partial charge in [0, 0.05) is 19.4 Å². The summed E-state index contributed by atoms with van der Waals surface area (Å²) in [4.78, 5) is 25.1. The predicted molar refractivity (Wildman–Crippen MR) is 111 cm³/mol. The van der Waals surface area contributed by atoms with Crippen molar-refractivity contribution in [1.82, 2.24) is 24.5 Å². The largest absolute Gasteiger partial charge is 0.465 e. The summed E-state index contributed by atoms with van der Waals surface area (Å²) in [5.74, 6) is 2.67. The normalized spacial score (nSPS) is 11.5. The Morgan fingerprint density at radius 1 is 1.28 bits per heavy atom. The Morgan fingerprint density at radius 3 is 2.90 bits per heavy atom. The third-order valence-corrected chi connectivity index (χ3v) is 5.74. The molecule has 0 atom stereocenters. The summed E-state index contributed by atoms with van der Waals surface area (Å²) in [5, 5.41) is 13.3. The topological polar surface area (TPSA) is 94.4 Å². The zero-order chi connectivity index (χ0) is 20.4. The Kier molecular flexibility index (Phi) is 5.48. The maximum Gasteiger partial charge on any atom is 0.272 e. The number of rotatable bonds is 8. The van der Waals surface area contributed by atoms with Crippen molar-refractivity contribution in [2.24, 2.45) is 0 Å². The van der Waals surface area contributed by atoms with Crippen LogP contribution in [0.2, 0.25) is 0 Å². The Morgan fingerprint density at radius 2 is 2.14 bits per heavy atom. The first-order chi connectivity index (χ1) is 14.1. The van der Waals surface area contributed by atoms with Crippen molar-refractivity contribution in [2.45, 2.75) is 52.6 Å². The van der Waals surface area contributed by atoms with Crippen molar-refractivity contribution in [3.8, 4) is 0 Å². The molecule has 0 aliphatic rings. The van der Waals surface area contributed by atoms with Gasteiger partial charge in [-0.25, -0.2) is 0 Å². The van der Waals surface area contributed by atoms with E-state index in [0.29, 0.717) is 35.8 Å². The fourth-order valence-corrected chi connectivity index (χ4v) is 4.16. The third-order valence-electron chi connectivity index (χ3n) is 4.85. The lowest BCUT2D eigenvalue weighted by Crippen LogP contribution is -2.24. The quantitative estimate of drug-likeness (QED) is 0.479. The van der Waals surface area contributed by atoms with E-state index < -0.39 is 0 Å². The van der Waals surface area contributed by atoms with Gasteiger partial charge < -0.3 is 9.73 Å². The summed E-state index contributed by atoms with van der Waals surface area (Å²) in [6, 6.07) is 5.63. The van der Waals surface area contributed by atoms with Gasteiger partial charge in [0.2, 0.25) is 11.7 Å². The van der Waals surface area contributed by atoms with E-state index in [1.807, 2.05) is 34.9 Å². The molecule has 8 nitrogen and oxygen atoms in total. The van der Waals surface area contributed by atoms with Crippen molar-refractivity contribution in [3.05, 3.63) is 51.3 Å². The lowest BCUT2D eigenvalue weighted by molar-refractivity contribution is -0.121. The molecule has 0 aromatic carbocycles. The summed E-state index contributed by atoms with van der Waals surface area (Å²) in [7, 11) is 0. The monoisotopic (exact) mass is 413 g/mol. The van der Waals surface area contributed by atoms with Crippen LogP contribution in [0.25, 0.3) is 16.0 Å². The highest BCUT2D eigenvalue weighted by Crippen LogP contribution is 2.20. The van der Waals surface area contributed by atoms with Crippen LogP contribution in [0.5, 0.6) is 0 Å². The van der Waals surface area contributed by atoms with E-state index in [1.54, 1.807) is 4.57 Å². The molecule has 0 saturated carbocycles. The molecule has 0 radical (unpaired) electrons. The molecule has 29 heavy (non-hydrogen) atoms. The molecule has 0 aliphatic heterocycles. The predicted octanol–water partition coefficient (Wildman–Crippen LogP) is 3.06. The zero-order valence-electron chi connectivity index (χ0n) is 16.5. The number of aryl methyl sites for hydroxylation is 3. The third kappa shape index (κ3) is 3.82. The fraction of sp³-hybridized carbons (Fsp3) is 0.400. The van der Waals surface area contributed by atoms with Crippen LogP contribution in [-0.2, 0) is 24.3 Å². The van der Waals surface area contributed by atoms with Gasteiger partial charge >= 0.3 is 0 Å². The van der Waals surface area contributed by atoms with Crippen molar-refractivity contribution < 1.29 is 9.21 Å². The van der Waals surface area contributed by atoms with Gasteiger partial charge in [0.25, 0.3) is 5.56 Å². The number of hydrogen-bond acceptors (Lipinski definition) is 6. The number of nitrogens with one attached hydrogen (secondary N) is 1. The lowest BCUT2D eigenvalue weighted by atomic mass is 10.2. The van der Waals surface area contributed by atoms with Gasteiger partial charge in [-0.15, -0.1) is 21.5 Å². The Hall–Kier alpha value is -2.94. The van der Waals surface area contributed by atoms with Gasteiger partial charge in [-0.1, -0.05) is 13.3 Å². The van der Waals surface area contributed by atoms with E-state index >= 15 is 0 Å². The second-order valence-electron chi connectivity index (χ2n) is 6.99. The number of hydrogen-bond donors (Lipinski definition) is 1. The number of amides is 1. The number of nitrogens with zero attached hydrogens (tertiary/aromatic N) is 4. The molecule has 4 heterocycles. The first-order valence-electron chi connectivity index (χ1n) is 9.74. The van der Waals surface area contributed by atoms with Crippen LogP contribution in [0.3, 0.4) is 0 Å². The van der Waals surface area contributed by atoms with Gasteiger partial charge in [0.1, 0.15) is 22.0 Å². The standard InChI is InChI=1S/C20H23N5O3S/c1-3-4-10-24-19(27)18-15(9-11-29-18)25-16(22-23-20(24)25)7-8-17(26)21-12-14-6-5-13(2)28-14/h5-6,9,11H,3-4,7-8,10,12H2,1-2H3,(H,21,26). The molecule has 0 aliphatic carbocycles. The van der Waals surface area contributed by atoms with Crippen LogP contribution < -0.4 is 10.9 Å². The van der Waals surface area contributed by atoms with E-state index in [2.05, 4.69) is 22.4 Å². The van der Waals surface area contributed by atoms with Crippen LogP contribution in [0.1, 0.15) is 43.5 Å². The maximum absolute atomic E-state index is 12.8. The Balaban J connectivity index is 1.55. The number of thiophene rings is 1. The van der Waals surface area contributed by atoms with Gasteiger partial charge in [0.15, 0.2) is 0 Å². The molecule has 1 amide bonds. The molecular weight excluding hydrogens is 390 g/mol. The molecule has 4 aromatic heterocycles. The minimum absolute atomic E-state index is 0.0265. The van der Waals surface area contributed by atoms with E-state index in [9.17, 15) is 9.59 Å². The summed E-state index contributed by atoms with van der Waals surface area (Å²) < 4.78 is 9.75. The van der Waals surface area contributed by atoms with Gasteiger partial charge in [-0.05, 0) is 36.9 Å². The van der Waals surface area contributed by atoms with Crippen LogP contribution in [0.15, 0.2) is 32.8 Å². The zero-order valence-corrected chi connectivity index (χ0v) is 17.3. The first-order valence-corrected chi connectivity index (χ1v) is 10.6. The number of furan rings is 1. The Bertz CT molecular complexity index is 1220. The molecule has 0 unspecified atom stereocenters. The molecule has 4 aromatic rings. The van der Waals surface area contributed by atoms with E-state index in [4.69, 9.17) is 4.42 Å². The fourth-order valence-electron chi connectivity index (χ4n) is 3.34. The van der Waals surface area contributed by atoms with Gasteiger partial charge in [0.05, 0.1) is 12.1 Å². The second-order valence-corrected chi connectivity index (χ2v) is 7.90. The minimum Gasteiger partial charge on any atom is -0.465 e. The molecule has 152 valence electrons. The van der Waals surface area contributed by atoms with E-state index in [-0.39, 0.29) is 17.9 Å². The minimum atomic E-state index is -0.0864. The molecule has 4 rings (SSSR count). The van der Waals surface area contributed by atoms with Gasteiger partial charge in [-0.2, -0.15) is 0 Å². The molecule has 1 N–H and O–H groups in total. The van der Waals surface area contributed by atoms with Crippen LogP contribution in [0, 0.1) is 6.92 Å². The molecular formula is C20H23N5O3S. The Labute approximate surface area is 171 Å². The highest BCUT2D eigenvalue weighted by Gasteiger charge is 2.17. The summed E-state index contributed by atoms with van der Waals surface area (Å²) >= 11 is 1.42. The van der Waals surface area contributed by atoms with Crippen LogP contribution in [-0.4, -0.2) is 25.1 Å². The molecule has 0 spiro atoms. The van der Waals surface area contributed by atoms with Crippen molar-refractivity contribution in [1.29, 1.82) is 0 Å². The number of carbonyl (C=O) groups is 1. The van der Waals surface area contributed by atoms with Crippen molar-refractivity contribution in [2.75, 3.05) is 0 Å². The molecule has 9 heteroatoms. The maximum atomic E-state index is 12.8. The van der Waals surface area contributed by atoms with E-state index in [0.717, 1.165) is 29.9 Å². The number of carbonyl (C=O) groups excluding carboxylic acids is 1. The first kappa shape index (κ1) is 19.4. The summed E-state index contributed by atoms with van der Waals surface area (Å²) in [6.45, 7) is 4.92. The lowest BCUT2D eigenvalue weighted by Gasteiger charge is -2.09. The van der Waals surface area contributed by atoms with Crippen molar-refractivity contribution >= 4 is 33.2 Å². The average Bonchev–Trinajstić information content (AvgIpc) is 3.44. The highest BCUT2D eigenvalue weighted by molar-refractivity contribution is 7.17. The number of fused-ring (bicyclic) bond motifs is 3. The van der Waals surface area contributed by atoms with Crippen molar-refractivity contribution in [3.63, 3.8) is 0 Å². The average molecular weight is 414 g/mol. The number of aromatic nitrogens is 4. The SMILES string of the molecule is CCCCn1c(=O)c2sccc2n2c(CCC(=O)NCc3ccc(C)o3)nnc12. The molecule has 0 fully saturated rings. The molecule has 0 saturated heterocycles. The highest BCUT2D eigenvalue weighted by atomic mass is 32.1.